The molecule has 2 amide bonds. The Morgan fingerprint density at radius 1 is 1.00 bits per heavy atom. The summed E-state index contributed by atoms with van der Waals surface area (Å²) in [6.45, 7) is 1.03. The summed E-state index contributed by atoms with van der Waals surface area (Å²) >= 11 is 0. The Morgan fingerprint density at radius 2 is 1.69 bits per heavy atom. The molecule has 2 N–H and O–H groups in total. The summed E-state index contributed by atoms with van der Waals surface area (Å²) < 4.78 is 0. The van der Waals surface area contributed by atoms with E-state index in [1.807, 2.05) is 42.5 Å². The standard InChI is InChI=1S/C21H26N2O3/c24-15-19(21(26)23-11-5-1-2-6-12-23)22-20(25)14-16-9-10-17-7-3-4-8-18(17)13-16/h3-4,7-10,13,19,24H,1-2,5-6,11-12,14-15H2,(H,22,25)/t19-/m0/s1. The Balaban J connectivity index is 1.61. The summed E-state index contributed by atoms with van der Waals surface area (Å²) in [5.41, 5.74) is 0.889. The van der Waals surface area contributed by atoms with E-state index in [9.17, 15) is 14.7 Å². The van der Waals surface area contributed by atoms with Gasteiger partial charge in [0.1, 0.15) is 6.04 Å². The molecule has 0 aromatic heterocycles. The Bertz CT molecular complexity index is 767. The molecule has 0 bridgehead atoms. The third-order valence-corrected chi connectivity index (χ3v) is 4.91. The zero-order chi connectivity index (χ0) is 18.4. The fraction of sp³-hybridized carbons (Fsp3) is 0.429. The van der Waals surface area contributed by atoms with Gasteiger partial charge >= 0.3 is 0 Å². The fourth-order valence-electron chi connectivity index (χ4n) is 3.48. The first-order valence-corrected chi connectivity index (χ1v) is 9.34. The molecule has 3 rings (SSSR count). The molecular weight excluding hydrogens is 328 g/mol. The first-order chi connectivity index (χ1) is 12.7. The maximum absolute atomic E-state index is 12.6. The van der Waals surface area contributed by atoms with E-state index in [2.05, 4.69) is 5.32 Å². The molecule has 1 aliphatic heterocycles. The zero-order valence-electron chi connectivity index (χ0n) is 15.0. The summed E-state index contributed by atoms with van der Waals surface area (Å²) in [5.74, 6) is -0.427. The van der Waals surface area contributed by atoms with Gasteiger partial charge in [0.25, 0.3) is 0 Å². The van der Waals surface area contributed by atoms with Crippen LogP contribution in [0.25, 0.3) is 10.8 Å². The van der Waals surface area contributed by atoms with Crippen LogP contribution in [0.4, 0.5) is 0 Å². The number of aliphatic hydroxyl groups is 1. The number of hydrogen-bond acceptors (Lipinski definition) is 3. The maximum Gasteiger partial charge on any atom is 0.247 e. The number of hydrogen-bond donors (Lipinski definition) is 2. The van der Waals surface area contributed by atoms with E-state index in [0.29, 0.717) is 13.1 Å². The van der Waals surface area contributed by atoms with Crippen LogP contribution in [0.15, 0.2) is 42.5 Å². The molecule has 1 fully saturated rings. The highest BCUT2D eigenvalue weighted by molar-refractivity contribution is 5.89. The first-order valence-electron chi connectivity index (χ1n) is 9.34. The topological polar surface area (TPSA) is 69.6 Å². The summed E-state index contributed by atoms with van der Waals surface area (Å²) in [7, 11) is 0. The zero-order valence-corrected chi connectivity index (χ0v) is 15.0. The molecule has 2 aromatic carbocycles. The van der Waals surface area contributed by atoms with Gasteiger partial charge in [-0.25, -0.2) is 0 Å². The van der Waals surface area contributed by atoms with Crippen molar-refractivity contribution >= 4 is 22.6 Å². The number of fused-ring (bicyclic) bond motifs is 1. The predicted octanol–water partition coefficient (Wildman–Crippen LogP) is 2.26. The van der Waals surface area contributed by atoms with E-state index in [1.54, 1.807) is 4.90 Å². The Labute approximate surface area is 154 Å². The van der Waals surface area contributed by atoms with Gasteiger partial charge in [0.15, 0.2) is 0 Å². The number of amides is 2. The van der Waals surface area contributed by atoms with Crippen LogP contribution >= 0.6 is 0 Å². The lowest BCUT2D eigenvalue weighted by atomic mass is 10.0. The summed E-state index contributed by atoms with van der Waals surface area (Å²) in [4.78, 5) is 26.7. The molecule has 26 heavy (non-hydrogen) atoms. The first kappa shape index (κ1) is 18.4. The molecule has 2 aromatic rings. The van der Waals surface area contributed by atoms with Gasteiger partial charge in [-0.15, -0.1) is 0 Å². The van der Waals surface area contributed by atoms with Crippen LogP contribution in [0.2, 0.25) is 0 Å². The molecule has 1 atom stereocenters. The molecule has 0 spiro atoms. The average Bonchev–Trinajstić information content (AvgIpc) is 2.95. The summed E-state index contributed by atoms with van der Waals surface area (Å²) in [6, 6.07) is 13.0. The highest BCUT2D eigenvalue weighted by atomic mass is 16.3. The highest BCUT2D eigenvalue weighted by Gasteiger charge is 2.25. The number of carbonyl (C=O) groups excluding carboxylic acids is 2. The molecule has 1 heterocycles. The number of benzene rings is 2. The van der Waals surface area contributed by atoms with Crippen LogP contribution in [-0.2, 0) is 16.0 Å². The van der Waals surface area contributed by atoms with E-state index in [4.69, 9.17) is 0 Å². The third kappa shape index (κ3) is 4.61. The largest absolute Gasteiger partial charge is 0.394 e. The molecule has 0 unspecified atom stereocenters. The van der Waals surface area contributed by atoms with Crippen molar-refractivity contribution in [2.24, 2.45) is 0 Å². The van der Waals surface area contributed by atoms with Gasteiger partial charge in [0.05, 0.1) is 13.0 Å². The maximum atomic E-state index is 12.6. The van der Waals surface area contributed by atoms with Gasteiger partial charge in [-0.1, -0.05) is 55.3 Å². The number of aliphatic hydroxyl groups excluding tert-OH is 1. The fourth-order valence-corrected chi connectivity index (χ4v) is 3.48. The second-order valence-corrected chi connectivity index (χ2v) is 6.90. The van der Waals surface area contributed by atoms with Crippen LogP contribution in [0.5, 0.6) is 0 Å². The molecule has 1 saturated heterocycles. The molecule has 138 valence electrons. The predicted molar refractivity (Wildman–Crippen MR) is 102 cm³/mol. The van der Waals surface area contributed by atoms with Crippen molar-refractivity contribution in [1.29, 1.82) is 0 Å². The Morgan fingerprint density at radius 3 is 2.38 bits per heavy atom. The molecule has 5 nitrogen and oxygen atoms in total. The SMILES string of the molecule is O=C(Cc1ccc2ccccc2c1)N[C@@H](CO)C(=O)N1CCCCCC1. The summed E-state index contributed by atoms with van der Waals surface area (Å²) in [5, 5.41) is 14.5. The monoisotopic (exact) mass is 354 g/mol. The van der Waals surface area contributed by atoms with Crippen molar-refractivity contribution in [2.45, 2.75) is 38.1 Å². The van der Waals surface area contributed by atoms with Gasteiger partial charge < -0.3 is 15.3 Å². The molecule has 0 saturated carbocycles. The average molecular weight is 354 g/mol. The van der Waals surface area contributed by atoms with Crippen molar-refractivity contribution in [3.8, 4) is 0 Å². The lowest BCUT2D eigenvalue weighted by molar-refractivity contribution is -0.137. The minimum Gasteiger partial charge on any atom is -0.394 e. The molecule has 5 heteroatoms. The van der Waals surface area contributed by atoms with Gasteiger partial charge in [0, 0.05) is 13.1 Å². The van der Waals surface area contributed by atoms with Crippen molar-refractivity contribution in [1.82, 2.24) is 10.2 Å². The second-order valence-electron chi connectivity index (χ2n) is 6.90. The molecule has 0 radical (unpaired) electrons. The van der Waals surface area contributed by atoms with Crippen LogP contribution < -0.4 is 5.32 Å². The van der Waals surface area contributed by atoms with Crippen molar-refractivity contribution in [2.75, 3.05) is 19.7 Å². The van der Waals surface area contributed by atoms with Crippen LogP contribution in [0.3, 0.4) is 0 Å². The van der Waals surface area contributed by atoms with Crippen molar-refractivity contribution in [3.63, 3.8) is 0 Å². The number of likely N-dealkylation sites (tertiary alicyclic amines) is 1. The van der Waals surface area contributed by atoms with Crippen LogP contribution in [-0.4, -0.2) is 47.6 Å². The number of nitrogens with one attached hydrogen (secondary N) is 1. The number of nitrogens with zero attached hydrogens (tertiary/aromatic N) is 1. The van der Waals surface area contributed by atoms with Gasteiger partial charge in [-0.3, -0.25) is 9.59 Å². The minimum atomic E-state index is -0.860. The molecule has 0 aliphatic carbocycles. The molecule has 1 aliphatic rings. The van der Waals surface area contributed by atoms with Crippen molar-refractivity contribution < 1.29 is 14.7 Å². The van der Waals surface area contributed by atoms with Crippen molar-refractivity contribution in [3.05, 3.63) is 48.0 Å². The van der Waals surface area contributed by atoms with E-state index in [0.717, 1.165) is 42.0 Å². The Kier molecular flexibility index (Phi) is 6.23. The molecular formula is C21H26N2O3. The smallest absolute Gasteiger partial charge is 0.247 e. The summed E-state index contributed by atoms with van der Waals surface area (Å²) in [6.07, 6.45) is 4.41. The quantitative estimate of drug-likeness (QED) is 0.865. The van der Waals surface area contributed by atoms with Crippen LogP contribution in [0.1, 0.15) is 31.2 Å². The van der Waals surface area contributed by atoms with E-state index in [1.165, 1.54) is 0 Å². The Hall–Kier alpha value is -2.40. The van der Waals surface area contributed by atoms with Gasteiger partial charge in [0.2, 0.25) is 11.8 Å². The highest BCUT2D eigenvalue weighted by Crippen LogP contribution is 2.16. The minimum absolute atomic E-state index is 0.179. The third-order valence-electron chi connectivity index (χ3n) is 4.91. The normalized spacial score (nSPS) is 16.1. The lowest BCUT2D eigenvalue weighted by Gasteiger charge is -2.25. The lowest BCUT2D eigenvalue weighted by Crippen LogP contribution is -2.51. The van der Waals surface area contributed by atoms with E-state index < -0.39 is 6.04 Å². The van der Waals surface area contributed by atoms with E-state index in [-0.39, 0.29) is 24.8 Å². The van der Waals surface area contributed by atoms with E-state index >= 15 is 0 Å². The number of carbonyl (C=O) groups is 2. The van der Waals surface area contributed by atoms with Crippen LogP contribution in [0, 0.1) is 0 Å². The van der Waals surface area contributed by atoms with Gasteiger partial charge in [-0.2, -0.15) is 0 Å². The number of rotatable bonds is 5. The second kappa shape index (κ2) is 8.81. The van der Waals surface area contributed by atoms with Gasteiger partial charge in [-0.05, 0) is 29.2 Å².